The molecule has 7 heteroatoms. The van der Waals surface area contributed by atoms with Gasteiger partial charge in [0, 0.05) is 30.9 Å². The van der Waals surface area contributed by atoms with Gasteiger partial charge in [-0.05, 0) is 33.2 Å². The van der Waals surface area contributed by atoms with E-state index in [1.807, 2.05) is 32.8 Å². The summed E-state index contributed by atoms with van der Waals surface area (Å²) in [5, 5.41) is 0. The molecule has 120 valence electrons. The highest BCUT2D eigenvalue weighted by molar-refractivity contribution is 7.89. The topological polar surface area (TPSA) is 75.9 Å². The van der Waals surface area contributed by atoms with Crippen LogP contribution in [0.25, 0.3) is 0 Å². The van der Waals surface area contributed by atoms with Crippen LogP contribution >= 0.6 is 0 Å². The average molecular weight is 315 g/mol. The van der Waals surface area contributed by atoms with E-state index in [0.717, 1.165) is 0 Å². The maximum Gasteiger partial charge on any atom is 0.247 e. The Kier molecular flexibility index (Phi) is 6.00. The lowest BCUT2D eigenvalue weighted by molar-refractivity contribution is 0.270. The average Bonchev–Trinajstić information content (AvgIpc) is 2.37. The fourth-order valence-electron chi connectivity index (χ4n) is 2.36. The van der Waals surface area contributed by atoms with Crippen molar-refractivity contribution in [3.8, 4) is 5.75 Å². The normalized spacial score (nSPS) is 13.7. The SMILES string of the molecule is CCN(C(C)CN(C)C)S(=O)(=O)c1ccc(N)cc1OC. The summed E-state index contributed by atoms with van der Waals surface area (Å²) >= 11 is 0. The molecular formula is C14H25N3O3S. The van der Waals surface area contributed by atoms with Crippen molar-refractivity contribution in [2.75, 3.05) is 40.0 Å². The number of hydrogen-bond acceptors (Lipinski definition) is 5. The lowest BCUT2D eigenvalue weighted by Crippen LogP contribution is -2.43. The maximum absolute atomic E-state index is 12.9. The number of nitrogen functional groups attached to an aromatic ring is 1. The van der Waals surface area contributed by atoms with Gasteiger partial charge >= 0.3 is 0 Å². The van der Waals surface area contributed by atoms with E-state index >= 15 is 0 Å². The third-order valence-electron chi connectivity index (χ3n) is 3.21. The van der Waals surface area contributed by atoms with Crippen LogP contribution in [0.15, 0.2) is 23.1 Å². The highest BCUT2D eigenvalue weighted by atomic mass is 32.2. The molecule has 1 atom stereocenters. The summed E-state index contributed by atoms with van der Waals surface area (Å²) in [4.78, 5) is 2.11. The van der Waals surface area contributed by atoms with Crippen molar-refractivity contribution in [3.63, 3.8) is 0 Å². The number of sulfonamides is 1. The molecule has 21 heavy (non-hydrogen) atoms. The van der Waals surface area contributed by atoms with Crippen LogP contribution in [-0.2, 0) is 10.0 Å². The monoisotopic (exact) mass is 315 g/mol. The van der Waals surface area contributed by atoms with Crippen molar-refractivity contribution in [2.24, 2.45) is 0 Å². The highest BCUT2D eigenvalue weighted by Gasteiger charge is 2.30. The number of benzene rings is 1. The molecule has 0 bridgehead atoms. The number of anilines is 1. The molecule has 0 aliphatic heterocycles. The Hall–Kier alpha value is -1.31. The van der Waals surface area contributed by atoms with Gasteiger partial charge in [-0.2, -0.15) is 4.31 Å². The molecule has 0 amide bonds. The summed E-state index contributed by atoms with van der Waals surface area (Å²) in [7, 11) is 1.64. The molecule has 0 heterocycles. The number of rotatable bonds is 7. The predicted molar refractivity (Wildman–Crippen MR) is 85.0 cm³/mol. The zero-order valence-corrected chi connectivity index (χ0v) is 14.1. The first kappa shape index (κ1) is 17.7. The number of nitrogens with two attached hydrogens (primary N) is 1. The van der Waals surface area contributed by atoms with E-state index in [1.54, 1.807) is 6.07 Å². The second kappa shape index (κ2) is 7.11. The smallest absolute Gasteiger partial charge is 0.247 e. The first-order valence-electron chi connectivity index (χ1n) is 6.84. The molecule has 0 radical (unpaired) electrons. The fraction of sp³-hybridized carbons (Fsp3) is 0.571. The molecule has 1 rings (SSSR count). The van der Waals surface area contributed by atoms with Gasteiger partial charge in [0.1, 0.15) is 10.6 Å². The van der Waals surface area contributed by atoms with E-state index in [0.29, 0.717) is 18.8 Å². The Labute approximate surface area is 127 Å². The van der Waals surface area contributed by atoms with Gasteiger partial charge in [0.15, 0.2) is 0 Å². The van der Waals surface area contributed by atoms with Crippen LogP contribution in [0.2, 0.25) is 0 Å². The Morgan fingerprint density at radius 3 is 2.43 bits per heavy atom. The molecule has 6 nitrogen and oxygen atoms in total. The zero-order valence-electron chi connectivity index (χ0n) is 13.3. The largest absolute Gasteiger partial charge is 0.495 e. The van der Waals surface area contributed by atoms with Gasteiger partial charge in [0.25, 0.3) is 0 Å². The number of ether oxygens (including phenoxy) is 1. The van der Waals surface area contributed by atoms with Crippen molar-refractivity contribution < 1.29 is 13.2 Å². The molecule has 2 N–H and O–H groups in total. The van der Waals surface area contributed by atoms with Gasteiger partial charge in [-0.15, -0.1) is 0 Å². The van der Waals surface area contributed by atoms with E-state index < -0.39 is 10.0 Å². The molecule has 1 aromatic carbocycles. The molecule has 0 aliphatic rings. The van der Waals surface area contributed by atoms with Crippen molar-refractivity contribution in [2.45, 2.75) is 24.8 Å². The minimum Gasteiger partial charge on any atom is -0.495 e. The van der Waals surface area contributed by atoms with E-state index in [9.17, 15) is 8.42 Å². The van der Waals surface area contributed by atoms with Crippen LogP contribution in [0.5, 0.6) is 5.75 Å². The maximum atomic E-state index is 12.9. The van der Waals surface area contributed by atoms with Crippen molar-refractivity contribution in [3.05, 3.63) is 18.2 Å². The van der Waals surface area contributed by atoms with Gasteiger partial charge in [-0.1, -0.05) is 6.92 Å². The molecule has 0 aromatic heterocycles. The van der Waals surface area contributed by atoms with E-state index in [4.69, 9.17) is 10.5 Å². The first-order valence-corrected chi connectivity index (χ1v) is 8.28. The zero-order chi connectivity index (χ0) is 16.2. The highest BCUT2D eigenvalue weighted by Crippen LogP contribution is 2.29. The second-order valence-corrected chi connectivity index (χ2v) is 7.09. The summed E-state index contributed by atoms with van der Waals surface area (Å²) in [6.07, 6.45) is 0. The molecule has 1 aromatic rings. The van der Waals surface area contributed by atoms with Crippen molar-refractivity contribution in [1.82, 2.24) is 9.21 Å². The first-order chi connectivity index (χ1) is 9.73. The summed E-state index contributed by atoms with van der Waals surface area (Å²) < 4.78 is 32.4. The van der Waals surface area contributed by atoms with Gasteiger partial charge in [-0.25, -0.2) is 8.42 Å². The molecular weight excluding hydrogens is 290 g/mol. The standard InChI is InChI=1S/C14H25N3O3S/c1-6-17(11(2)10-16(3)4)21(18,19)14-8-7-12(15)9-13(14)20-5/h7-9,11H,6,10,15H2,1-5H3. The van der Waals surface area contributed by atoms with Crippen LogP contribution in [-0.4, -0.2) is 58.0 Å². The minimum absolute atomic E-state index is 0.141. The third-order valence-corrected chi connectivity index (χ3v) is 5.34. The van der Waals surface area contributed by atoms with Crippen LogP contribution in [0, 0.1) is 0 Å². The molecule has 0 aliphatic carbocycles. The second-order valence-electron chi connectivity index (χ2n) is 5.23. The number of methoxy groups -OCH3 is 1. The molecule has 0 fully saturated rings. The molecule has 0 saturated carbocycles. The summed E-state index contributed by atoms with van der Waals surface area (Å²) in [6.45, 7) is 4.76. The van der Waals surface area contributed by atoms with E-state index in [2.05, 4.69) is 0 Å². The third kappa shape index (κ3) is 4.09. The predicted octanol–water partition coefficient (Wildman–Crippen LogP) is 1.24. The van der Waals surface area contributed by atoms with Crippen LogP contribution < -0.4 is 10.5 Å². The van der Waals surface area contributed by atoms with E-state index in [1.165, 1.54) is 23.5 Å². The fourth-order valence-corrected chi connectivity index (χ4v) is 4.13. The number of likely N-dealkylation sites (N-methyl/N-ethyl adjacent to an activating group) is 2. The number of hydrogen-bond donors (Lipinski definition) is 1. The Morgan fingerprint density at radius 2 is 1.95 bits per heavy atom. The van der Waals surface area contributed by atoms with Gasteiger partial charge in [0.2, 0.25) is 10.0 Å². The summed E-state index contributed by atoms with van der Waals surface area (Å²) in [5.74, 6) is 0.269. The van der Waals surface area contributed by atoms with Crippen LogP contribution in [0.4, 0.5) is 5.69 Å². The van der Waals surface area contributed by atoms with Crippen molar-refractivity contribution >= 4 is 15.7 Å². The molecule has 0 saturated heterocycles. The summed E-state index contributed by atoms with van der Waals surface area (Å²) in [5.41, 5.74) is 6.15. The van der Waals surface area contributed by atoms with Crippen molar-refractivity contribution in [1.29, 1.82) is 0 Å². The number of nitrogens with zero attached hydrogens (tertiary/aromatic N) is 2. The minimum atomic E-state index is -3.63. The van der Waals surface area contributed by atoms with Crippen LogP contribution in [0.1, 0.15) is 13.8 Å². The van der Waals surface area contributed by atoms with Gasteiger partial charge < -0.3 is 15.4 Å². The van der Waals surface area contributed by atoms with Gasteiger partial charge in [-0.3, -0.25) is 0 Å². The molecule has 0 spiro atoms. The quantitative estimate of drug-likeness (QED) is 0.766. The lowest BCUT2D eigenvalue weighted by Gasteiger charge is -2.29. The van der Waals surface area contributed by atoms with E-state index in [-0.39, 0.29) is 16.7 Å². The van der Waals surface area contributed by atoms with Crippen LogP contribution in [0.3, 0.4) is 0 Å². The van der Waals surface area contributed by atoms with Gasteiger partial charge in [0.05, 0.1) is 7.11 Å². The Balaban J connectivity index is 3.25. The lowest BCUT2D eigenvalue weighted by atomic mass is 10.3. The Bertz CT molecular complexity index is 573. The molecule has 1 unspecified atom stereocenters. The Morgan fingerprint density at radius 1 is 1.33 bits per heavy atom. The summed E-state index contributed by atoms with van der Waals surface area (Å²) in [6, 6.07) is 4.45.